The molecule has 1 amide bonds. The van der Waals surface area contributed by atoms with Crippen molar-refractivity contribution in [1.29, 1.82) is 0 Å². The molecule has 92 valence electrons. The number of benzene rings is 1. The first-order valence-electron chi connectivity index (χ1n) is 5.52. The van der Waals surface area contributed by atoms with Gasteiger partial charge in [-0.1, -0.05) is 24.3 Å². The van der Waals surface area contributed by atoms with Gasteiger partial charge in [0.05, 0.1) is 25.0 Å². The first kappa shape index (κ1) is 12.2. The molecule has 5 heteroatoms. The molecule has 0 fully saturated rings. The van der Waals surface area contributed by atoms with Gasteiger partial charge in [0.2, 0.25) is 6.41 Å². The maximum atomic E-state index is 10.4. The van der Waals surface area contributed by atoms with Gasteiger partial charge in [-0.05, 0) is 17.2 Å². The van der Waals surface area contributed by atoms with E-state index in [1.807, 2.05) is 30.3 Å². The van der Waals surface area contributed by atoms with Crippen LogP contribution in [0.3, 0.4) is 0 Å². The van der Waals surface area contributed by atoms with Crippen LogP contribution in [0.5, 0.6) is 0 Å². The number of rotatable bonds is 5. The van der Waals surface area contributed by atoms with Crippen molar-refractivity contribution in [2.75, 3.05) is 6.61 Å². The quantitative estimate of drug-likeness (QED) is 0.766. The van der Waals surface area contributed by atoms with E-state index >= 15 is 0 Å². The van der Waals surface area contributed by atoms with Crippen LogP contribution >= 0.6 is 0 Å². The number of aliphatic hydroxyl groups is 1. The number of carbonyl (C=O) groups is 1. The lowest BCUT2D eigenvalue weighted by Gasteiger charge is -2.13. The van der Waals surface area contributed by atoms with Crippen LogP contribution in [0.1, 0.15) is 11.6 Å². The molecule has 2 rings (SSSR count). The van der Waals surface area contributed by atoms with E-state index < -0.39 is 0 Å². The molecule has 2 N–H and O–H groups in total. The lowest BCUT2D eigenvalue weighted by Crippen LogP contribution is -2.22. The van der Waals surface area contributed by atoms with Crippen molar-refractivity contribution in [3.63, 3.8) is 0 Å². The zero-order chi connectivity index (χ0) is 12.8. The molecule has 1 aromatic carbocycles. The molecule has 1 unspecified atom stereocenters. The second-order valence-corrected chi connectivity index (χ2v) is 3.77. The van der Waals surface area contributed by atoms with Crippen LogP contribution in [0.25, 0.3) is 11.1 Å². The van der Waals surface area contributed by atoms with Crippen LogP contribution in [0, 0.1) is 0 Å². The van der Waals surface area contributed by atoms with Crippen LogP contribution in [0.2, 0.25) is 0 Å². The summed E-state index contributed by atoms with van der Waals surface area (Å²) in [6.07, 6.45) is 3.90. The average Bonchev–Trinajstić information content (AvgIpc) is 2.46. The Labute approximate surface area is 104 Å². The topological polar surface area (TPSA) is 75.1 Å². The molecular formula is C13H13N3O2. The fraction of sp³-hybridized carbons (Fsp3) is 0.154. The number of aliphatic hydroxyl groups excluding tert-OH is 1. The third-order valence-electron chi connectivity index (χ3n) is 2.68. The first-order valence-corrected chi connectivity index (χ1v) is 5.52. The Morgan fingerprint density at radius 1 is 1.17 bits per heavy atom. The fourth-order valence-corrected chi connectivity index (χ4v) is 1.71. The van der Waals surface area contributed by atoms with E-state index in [0.29, 0.717) is 6.41 Å². The van der Waals surface area contributed by atoms with Gasteiger partial charge >= 0.3 is 0 Å². The van der Waals surface area contributed by atoms with E-state index in [0.717, 1.165) is 16.7 Å². The van der Waals surface area contributed by atoms with Crippen LogP contribution < -0.4 is 5.32 Å². The third kappa shape index (κ3) is 2.70. The summed E-state index contributed by atoms with van der Waals surface area (Å²) in [7, 11) is 0. The molecule has 0 saturated heterocycles. The van der Waals surface area contributed by atoms with Gasteiger partial charge in [0.25, 0.3) is 0 Å². The summed E-state index contributed by atoms with van der Waals surface area (Å²) in [6, 6.07) is 9.07. The highest BCUT2D eigenvalue weighted by Gasteiger charge is 2.08. The lowest BCUT2D eigenvalue weighted by atomic mass is 10.0. The van der Waals surface area contributed by atoms with E-state index in [1.54, 1.807) is 12.4 Å². The summed E-state index contributed by atoms with van der Waals surface area (Å²) >= 11 is 0. The van der Waals surface area contributed by atoms with Crippen molar-refractivity contribution >= 4 is 6.41 Å². The van der Waals surface area contributed by atoms with E-state index in [-0.39, 0.29) is 12.6 Å². The molecule has 1 aromatic heterocycles. The number of hydrogen-bond donors (Lipinski definition) is 2. The SMILES string of the molecule is O=CNC(CO)c1ccc(-c2ccnnc2)cc1. The molecule has 0 radical (unpaired) electrons. The van der Waals surface area contributed by atoms with Gasteiger partial charge in [-0.15, -0.1) is 0 Å². The van der Waals surface area contributed by atoms with E-state index in [4.69, 9.17) is 5.11 Å². The monoisotopic (exact) mass is 243 g/mol. The summed E-state index contributed by atoms with van der Waals surface area (Å²) in [5.74, 6) is 0. The van der Waals surface area contributed by atoms with Crippen LogP contribution in [0.4, 0.5) is 0 Å². The summed E-state index contributed by atoms with van der Waals surface area (Å²) in [5.41, 5.74) is 2.84. The minimum atomic E-state index is -0.368. The number of carbonyl (C=O) groups excluding carboxylic acids is 1. The maximum Gasteiger partial charge on any atom is 0.207 e. The molecule has 2 aromatic rings. The Kier molecular flexibility index (Phi) is 3.98. The summed E-state index contributed by atoms with van der Waals surface area (Å²) in [4.78, 5) is 10.4. The Morgan fingerprint density at radius 2 is 1.94 bits per heavy atom. The second kappa shape index (κ2) is 5.88. The van der Waals surface area contributed by atoms with E-state index in [9.17, 15) is 4.79 Å². The van der Waals surface area contributed by atoms with Crippen molar-refractivity contribution in [2.24, 2.45) is 0 Å². The Morgan fingerprint density at radius 3 is 2.50 bits per heavy atom. The molecular weight excluding hydrogens is 230 g/mol. The molecule has 0 bridgehead atoms. The predicted molar refractivity (Wildman–Crippen MR) is 66.5 cm³/mol. The molecule has 0 aliphatic rings. The minimum Gasteiger partial charge on any atom is -0.394 e. The number of nitrogens with zero attached hydrogens (tertiary/aromatic N) is 2. The lowest BCUT2D eigenvalue weighted by molar-refractivity contribution is -0.110. The van der Waals surface area contributed by atoms with Crippen molar-refractivity contribution in [2.45, 2.75) is 6.04 Å². The number of aromatic nitrogens is 2. The molecule has 1 atom stereocenters. The summed E-state index contributed by atoms with van der Waals surface area (Å²) in [5, 5.41) is 19.3. The third-order valence-corrected chi connectivity index (χ3v) is 2.68. The van der Waals surface area contributed by atoms with Gasteiger partial charge in [-0.3, -0.25) is 4.79 Å². The molecule has 0 aliphatic heterocycles. The maximum absolute atomic E-state index is 10.4. The normalized spacial score (nSPS) is 11.8. The molecule has 0 aliphatic carbocycles. The zero-order valence-electron chi connectivity index (χ0n) is 9.65. The molecule has 5 nitrogen and oxygen atoms in total. The van der Waals surface area contributed by atoms with E-state index in [2.05, 4.69) is 15.5 Å². The average molecular weight is 243 g/mol. The number of nitrogens with one attached hydrogen (secondary N) is 1. The number of amides is 1. The standard InChI is InChI=1S/C13H13N3O2/c17-8-13(14-9-18)11-3-1-10(2-4-11)12-5-6-15-16-7-12/h1-7,9,13,17H,8H2,(H,14,18). The van der Waals surface area contributed by atoms with Crippen molar-refractivity contribution in [3.05, 3.63) is 48.3 Å². The van der Waals surface area contributed by atoms with Gasteiger partial charge < -0.3 is 10.4 Å². The summed E-state index contributed by atoms with van der Waals surface area (Å²) < 4.78 is 0. The Balaban J connectivity index is 2.22. The second-order valence-electron chi connectivity index (χ2n) is 3.77. The van der Waals surface area contributed by atoms with Gasteiger partial charge in [0, 0.05) is 5.56 Å². The highest BCUT2D eigenvalue weighted by molar-refractivity contribution is 5.62. The Bertz CT molecular complexity index is 499. The first-order chi connectivity index (χ1) is 8.85. The van der Waals surface area contributed by atoms with Gasteiger partial charge in [0.1, 0.15) is 0 Å². The van der Waals surface area contributed by atoms with Crippen molar-refractivity contribution < 1.29 is 9.90 Å². The molecule has 0 saturated carbocycles. The fourth-order valence-electron chi connectivity index (χ4n) is 1.71. The van der Waals surface area contributed by atoms with Gasteiger partial charge in [-0.2, -0.15) is 10.2 Å². The van der Waals surface area contributed by atoms with Crippen LogP contribution in [0.15, 0.2) is 42.7 Å². The summed E-state index contributed by atoms with van der Waals surface area (Å²) in [6.45, 7) is -0.130. The minimum absolute atomic E-state index is 0.130. The zero-order valence-corrected chi connectivity index (χ0v) is 9.65. The molecule has 18 heavy (non-hydrogen) atoms. The number of hydrogen-bond acceptors (Lipinski definition) is 4. The van der Waals surface area contributed by atoms with Crippen LogP contribution in [-0.4, -0.2) is 28.3 Å². The van der Waals surface area contributed by atoms with Crippen molar-refractivity contribution in [3.8, 4) is 11.1 Å². The highest BCUT2D eigenvalue weighted by atomic mass is 16.3. The Hall–Kier alpha value is -2.27. The van der Waals surface area contributed by atoms with Crippen molar-refractivity contribution in [1.82, 2.24) is 15.5 Å². The van der Waals surface area contributed by atoms with E-state index in [1.165, 1.54) is 0 Å². The molecule has 1 heterocycles. The van der Waals surface area contributed by atoms with Gasteiger partial charge in [0.15, 0.2) is 0 Å². The molecule has 0 spiro atoms. The smallest absolute Gasteiger partial charge is 0.207 e. The highest BCUT2D eigenvalue weighted by Crippen LogP contribution is 2.20. The van der Waals surface area contributed by atoms with Crippen LogP contribution in [-0.2, 0) is 4.79 Å². The predicted octanol–water partition coefficient (Wildman–Crippen LogP) is 0.923. The van der Waals surface area contributed by atoms with Gasteiger partial charge in [-0.25, -0.2) is 0 Å². The largest absolute Gasteiger partial charge is 0.394 e.